The third-order valence-electron chi connectivity index (χ3n) is 2.49. The molecule has 1 aromatic rings. The van der Waals surface area contributed by atoms with Crippen LogP contribution in [0.5, 0.6) is 0 Å². The SMILES string of the molecule is CCCC(OCC)C(Cc1nccs1)NN. The van der Waals surface area contributed by atoms with Gasteiger partial charge in [0.1, 0.15) is 0 Å². The van der Waals surface area contributed by atoms with E-state index < -0.39 is 0 Å². The maximum Gasteiger partial charge on any atom is 0.0941 e. The van der Waals surface area contributed by atoms with Crippen LogP contribution in [0.25, 0.3) is 0 Å². The number of hydrogen-bond donors (Lipinski definition) is 2. The molecular formula is C11H21N3OS. The zero-order valence-electron chi connectivity index (χ0n) is 9.98. The van der Waals surface area contributed by atoms with Gasteiger partial charge < -0.3 is 4.74 Å². The summed E-state index contributed by atoms with van der Waals surface area (Å²) in [4.78, 5) is 4.27. The van der Waals surface area contributed by atoms with Crippen molar-refractivity contribution in [3.05, 3.63) is 16.6 Å². The first-order valence-electron chi connectivity index (χ1n) is 5.77. The monoisotopic (exact) mass is 243 g/mol. The van der Waals surface area contributed by atoms with Crippen LogP contribution in [0.4, 0.5) is 0 Å². The van der Waals surface area contributed by atoms with Crippen LogP contribution in [0.2, 0.25) is 0 Å². The molecule has 0 fully saturated rings. The number of nitrogens with zero attached hydrogens (tertiary/aromatic N) is 1. The van der Waals surface area contributed by atoms with Gasteiger partial charge in [0.15, 0.2) is 0 Å². The normalized spacial score (nSPS) is 14.9. The second-order valence-electron chi connectivity index (χ2n) is 3.69. The van der Waals surface area contributed by atoms with E-state index in [1.807, 2.05) is 18.5 Å². The summed E-state index contributed by atoms with van der Waals surface area (Å²) in [6.45, 7) is 4.89. The van der Waals surface area contributed by atoms with Gasteiger partial charge in [-0.25, -0.2) is 4.98 Å². The van der Waals surface area contributed by atoms with Gasteiger partial charge in [-0.1, -0.05) is 13.3 Å². The lowest BCUT2D eigenvalue weighted by Crippen LogP contribution is -2.46. The van der Waals surface area contributed by atoms with Crippen LogP contribution in [0.3, 0.4) is 0 Å². The van der Waals surface area contributed by atoms with Crippen LogP contribution in [0.15, 0.2) is 11.6 Å². The van der Waals surface area contributed by atoms with Crippen LogP contribution in [-0.2, 0) is 11.2 Å². The van der Waals surface area contributed by atoms with Gasteiger partial charge in [-0.2, -0.15) is 0 Å². The van der Waals surface area contributed by atoms with E-state index in [-0.39, 0.29) is 12.1 Å². The topological polar surface area (TPSA) is 60.2 Å². The number of rotatable bonds is 8. The largest absolute Gasteiger partial charge is 0.377 e. The molecule has 3 N–H and O–H groups in total. The molecule has 1 rings (SSSR count). The van der Waals surface area contributed by atoms with Crippen molar-refractivity contribution < 1.29 is 4.74 Å². The summed E-state index contributed by atoms with van der Waals surface area (Å²) < 4.78 is 5.72. The molecule has 0 bridgehead atoms. The van der Waals surface area contributed by atoms with Gasteiger partial charge >= 0.3 is 0 Å². The zero-order chi connectivity index (χ0) is 11.8. The summed E-state index contributed by atoms with van der Waals surface area (Å²) in [6, 6.07) is 0.144. The molecule has 1 heterocycles. The van der Waals surface area contributed by atoms with Crippen LogP contribution in [0, 0.1) is 0 Å². The van der Waals surface area contributed by atoms with Crippen LogP contribution in [0.1, 0.15) is 31.7 Å². The summed E-state index contributed by atoms with van der Waals surface area (Å²) in [7, 11) is 0. The van der Waals surface area contributed by atoms with E-state index in [9.17, 15) is 0 Å². The van der Waals surface area contributed by atoms with E-state index in [0.29, 0.717) is 0 Å². The van der Waals surface area contributed by atoms with Crippen LogP contribution in [-0.4, -0.2) is 23.7 Å². The predicted molar refractivity (Wildman–Crippen MR) is 67.3 cm³/mol. The van der Waals surface area contributed by atoms with Gasteiger partial charge in [-0.05, 0) is 13.3 Å². The molecule has 0 aliphatic heterocycles. The molecule has 5 heteroatoms. The minimum Gasteiger partial charge on any atom is -0.377 e. The molecule has 0 amide bonds. The van der Waals surface area contributed by atoms with E-state index in [1.165, 1.54) is 0 Å². The van der Waals surface area contributed by atoms with E-state index in [4.69, 9.17) is 10.6 Å². The molecule has 0 aromatic carbocycles. The highest BCUT2D eigenvalue weighted by Crippen LogP contribution is 2.14. The summed E-state index contributed by atoms with van der Waals surface area (Å²) in [5.74, 6) is 5.60. The van der Waals surface area contributed by atoms with Crippen molar-refractivity contribution in [1.29, 1.82) is 0 Å². The first-order valence-corrected chi connectivity index (χ1v) is 6.65. The van der Waals surface area contributed by atoms with Crippen molar-refractivity contribution in [2.75, 3.05) is 6.61 Å². The van der Waals surface area contributed by atoms with Crippen molar-refractivity contribution in [1.82, 2.24) is 10.4 Å². The lowest BCUT2D eigenvalue weighted by Gasteiger charge is -2.25. The fourth-order valence-corrected chi connectivity index (χ4v) is 2.42. The second kappa shape index (κ2) is 7.73. The smallest absolute Gasteiger partial charge is 0.0941 e. The number of ether oxygens (including phenoxy) is 1. The lowest BCUT2D eigenvalue weighted by molar-refractivity contribution is 0.0281. The number of hydrogen-bond acceptors (Lipinski definition) is 5. The zero-order valence-corrected chi connectivity index (χ0v) is 10.8. The third kappa shape index (κ3) is 4.17. The van der Waals surface area contributed by atoms with Gasteiger partial charge in [0, 0.05) is 24.6 Å². The van der Waals surface area contributed by atoms with Crippen molar-refractivity contribution in [3.8, 4) is 0 Å². The molecule has 0 saturated heterocycles. The fraction of sp³-hybridized carbons (Fsp3) is 0.727. The maximum absolute atomic E-state index is 5.72. The highest BCUT2D eigenvalue weighted by molar-refractivity contribution is 7.09. The predicted octanol–water partition coefficient (Wildman–Crippen LogP) is 1.72. The minimum absolute atomic E-state index is 0.144. The van der Waals surface area contributed by atoms with Gasteiger partial charge in [0.25, 0.3) is 0 Å². The summed E-state index contributed by atoms with van der Waals surface area (Å²) in [6.07, 6.45) is 4.94. The minimum atomic E-state index is 0.144. The molecule has 0 aliphatic rings. The van der Waals surface area contributed by atoms with Crippen molar-refractivity contribution in [2.45, 2.75) is 45.3 Å². The average Bonchev–Trinajstić information content (AvgIpc) is 2.78. The quantitative estimate of drug-likeness (QED) is 0.539. The number of hydrazine groups is 1. The van der Waals surface area contributed by atoms with Crippen LogP contribution < -0.4 is 11.3 Å². The summed E-state index contributed by atoms with van der Waals surface area (Å²) >= 11 is 1.66. The molecule has 4 nitrogen and oxygen atoms in total. The summed E-state index contributed by atoms with van der Waals surface area (Å²) in [5.41, 5.74) is 2.85. The van der Waals surface area contributed by atoms with Crippen molar-refractivity contribution in [2.24, 2.45) is 5.84 Å². The number of thiazole rings is 1. The molecule has 92 valence electrons. The number of nitrogens with one attached hydrogen (secondary N) is 1. The van der Waals surface area contributed by atoms with Gasteiger partial charge in [-0.15, -0.1) is 11.3 Å². The first-order chi connectivity index (χ1) is 7.81. The Labute approximate surface area is 101 Å². The molecular weight excluding hydrogens is 222 g/mol. The highest BCUT2D eigenvalue weighted by atomic mass is 32.1. The molecule has 16 heavy (non-hydrogen) atoms. The standard InChI is InChI=1S/C11H21N3OS/c1-3-5-10(15-4-2)9(14-12)8-11-13-6-7-16-11/h6-7,9-10,14H,3-5,8,12H2,1-2H3. The van der Waals surface area contributed by atoms with Gasteiger partial charge in [0.2, 0.25) is 0 Å². The van der Waals surface area contributed by atoms with E-state index >= 15 is 0 Å². The highest BCUT2D eigenvalue weighted by Gasteiger charge is 2.21. The van der Waals surface area contributed by atoms with Gasteiger partial charge in [0.05, 0.1) is 17.2 Å². The first kappa shape index (κ1) is 13.6. The Morgan fingerprint density at radius 2 is 2.38 bits per heavy atom. The maximum atomic E-state index is 5.72. The molecule has 0 spiro atoms. The molecule has 0 aliphatic carbocycles. The number of aromatic nitrogens is 1. The fourth-order valence-electron chi connectivity index (χ4n) is 1.74. The van der Waals surface area contributed by atoms with E-state index in [1.54, 1.807) is 11.3 Å². The Bertz CT molecular complexity index is 260. The molecule has 2 atom stereocenters. The Morgan fingerprint density at radius 1 is 1.56 bits per heavy atom. The molecule has 2 unspecified atom stereocenters. The van der Waals surface area contributed by atoms with Crippen molar-refractivity contribution >= 4 is 11.3 Å². The van der Waals surface area contributed by atoms with Crippen LogP contribution >= 0.6 is 11.3 Å². The Balaban J connectivity index is 2.55. The van der Waals surface area contributed by atoms with Gasteiger partial charge in [-0.3, -0.25) is 11.3 Å². The average molecular weight is 243 g/mol. The molecule has 0 radical (unpaired) electrons. The summed E-state index contributed by atoms with van der Waals surface area (Å²) in [5, 5.41) is 3.09. The molecule has 0 saturated carbocycles. The number of nitrogens with two attached hydrogens (primary N) is 1. The third-order valence-corrected chi connectivity index (χ3v) is 3.30. The molecule has 1 aromatic heterocycles. The Morgan fingerprint density at radius 3 is 2.88 bits per heavy atom. The lowest BCUT2D eigenvalue weighted by atomic mass is 10.0. The van der Waals surface area contributed by atoms with E-state index in [2.05, 4.69) is 17.3 Å². The second-order valence-corrected chi connectivity index (χ2v) is 4.66. The Hall–Kier alpha value is -0.490. The Kier molecular flexibility index (Phi) is 6.56. The van der Waals surface area contributed by atoms with Crippen molar-refractivity contribution in [3.63, 3.8) is 0 Å². The van der Waals surface area contributed by atoms with E-state index in [0.717, 1.165) is 30.9 Å².